The van der Waals surface area contributed by atoms with Crippen LogP contribution in [0.1, 0.15) is 37.0 Å². The first-order valence-corrected chi connectivity index (χ1v) is 6.05. The van der Waals surface area contributed by atoms with Crippen LogP contribution < -0.4 is 5.73 Å². The van der Waals surface area contributed by atoms with Gasteiger partial charge in [-0.2, -0.15) is 0 Å². The van der Waals surface area contributed by atoms with Crippen LogP contribution in [0.25, 0.3) is 0 Å². The molecule has 0 spiro atoms. The monoisotopic (exact) mass is 264 g/mol. The Hall–Kier alpha value is -2.18. The zero-order valence-corrected chi connectivity index (χ0v) is 10.9. The molecule has 1 aliphatic heterocycles. The molecule has 2 N–H and O–H groups in total. The second-order valence-corrected chi connectivity index (χ2v) is 5.26. The molecule has 102 valence electrons. The third kappa shape index (κ3) is 2.35. The van der Waals surface area contributed by atoms with Gasteiger partial charge in [-0.3, -0.25) is 14.9 Å². The third-order valence-electron chi connectivity index (χ3n) is 3.48. The predicted molar refractivity (Wildman–Crippen MR) is 69.7 cm³/mol. The van der Waals surface area contributed by atoms with Gasteiger partial charge in [-0.05, 0) is 32.8 Å². The molecule has 0 radical (unpaired) electrons. The van der Waals surface area contributed by atoms with Gasteiger partial charge in [0.1, 0.15) is 17.6 Å². The van der Waals surface area contributed by atoms with Crippen LogP contribution in [-0.2, 0) is 0 Å². The Morgan fingerprint density at radius 2 is 2.26 bits per heavy atom. The maximum atomic E-state index is 12.5. The Balaban J connectivity index is 2.44. The molecule has 0 bridgehead atoms. The highest BCUT2D eigenvalue weighted by atomic mass is 16.6. The Morgan fingerprint density at radius 3 is 2.79 bits per heavy atom. The zero-order valence-electron chi connectivity index (χ0n) is 10.9. The summed E-state index contributed by atoms with van der Waals surface area (Å²) in [7, 11) is 0. The largest absolute Gasteiger partial charge is 0.384 e. The van der Waals surface area contributed by atoms with E-state index in [0.717, 1.165) is 19.0 Å². The molecule has 1 fully saturated rings. The minimum absolute atomic E-state index is 0.00692. The summed E-state index contributed by atoms with van der Waals surface area (Å²) >= 11 is 0. The number of nitro groups is 1. The molecule has 7 heteroatoms. The van der Waals surface area contributed by atoms with Crippen LogP contribution in [0.2, 0.25) is 0 Å². The van der Waals surface area contributed by atoms with Gasteiger partial charge in [0.05, 0.1) is 4.92 Å². The van der Waals surface area contributed by atoms with Crippen molar-refractivity contribution in [2.24, 2.45) is 0 Å². The number of carbonyl (C=O) groups is 1. The first-order chi connectivity index (χ1) is 8.83. The second kappa shape index (κ2) is 4.49. The number of hydrogen-bond acceptors (Lipinski definition) is 5. The van der Waals surface area contributed by atoms with Crippen LogP contribution in [0.5, 0.6) is 0 Å². The standard InChI is InChI=1S/C12H16N4O3/c1-12(2)4-3-5-15(12)11(17)8-6-10(13)14-7-9(8)16(18)19/h6-7H,3-5H2,1-2H3,(H2,13,14). The number of aromatic nitrogens is 1. The maximum Gasteiger partial charge on any atom is 0.300 e. The number of hydrogen-bond donors (Lipinski definition) is 1. The third-order valence-corrected chi connectivity index (χ3v) is 3.48. The average molecular weight is 264 g/mol. The van der Waals surface area contributed by atoms with Crippen LogP contribution in [-0.4, -0.2) is 32.8 Å². The fourth-order valence-corrected chi connectivity index (χ4v) is 2.41. The normalized spacial score (nSPS) is 17.5. The molecule has 1 saturated heterocycles. The van der Waals surface area contributed by atoms with Crippen LogP contribution in [0.3, 0.4) is 0 Å². The van der Waals surface area contributed by atoms with Gasteiger partial charge in [-0.25, -0.2) is 4.98 Å². The van der Waals surface area contributed by atoms with Gasteiger partial charge in [0.2, 0.25) is 0 Å². The molecule has 2 heterocycles. The molecular weight excluding hydrogens is 248 g/mol. The van der Waals surface area contributed by atoms with E-state index in [2.05, 4.69) is 4.98 Å². The van der Waals surface area contributed by atoms with Gasteiger partial charge >= 0.3 is 0 Å². The van der Waals surface area contributed by atoms with Crippen molar-refractivity contribution in [3.63, 3.8) is 0 Å². The summed E-state index contributed by atoms with van der Waals surface area (Å²) in [4.78, 5) is 28.2. The van der Waals surface area contributed by atoms with Gasteiger partial charge in [0.25, 0.3) is 11.6 Å². The topological polar surface area (TPSA) is 102 Å². The summed E-state index contributed by atoms with van der Waals surface area (Å²) in [5, 5.41) is 11.0. The van der Waals surface area contributed by atoms with E-state index in [1.807, 2.05) is 13.8 Å². The van der Waals surface area contributed by atoms with E-state index in [1.54, 1.807) is 4.90 Å². The van der Waals surface area contributed by atoms with Crippen LogP contribution in [0.15, 0.2) is 12.3 Å². The fraction of sp³-hybridized carbons (Fsp3) is 0.500. The lowest BCUT2D eigenvalue weighted by atomic mass is 10.0. The van der Waals surface area contributed by atoms with Crippen molar-refractivity contribution < 1.29 is 9.72 Å². The molecule has 0 aromatic carbocycles. The molecule has 0 atom stereocenters. The highest BCUT2D eigenvalue weighted by Crippen LogP contribution is 2.31. The van der Waals surface area contributed by atoms with Gasteiger partial charge < -0.3 is 10.6 Å². The number of nitrogens with zero attached hydrogens (tertiary/aromatic N) is 3. The van der Waals surface area contributed by atoms with E-state index in [0.29, 0.717) is 6.54 Å². The number of anilines is 1. The summed E-state index contributed by atoms with van der Waals surface area (Å²) in [6.45, 7) is 4.51. The van der Waals surface area contributed by atoms with E-state index in [-0.39, 0.29) is 28.5 Å². The summed E-state index contributed by atoms with van der Waals surface area (Å²) in [6.07, 6.45) is 2.81. The average Bonchev–Trinajstić information content (AvgIpc) is 2.67. The highest BCUT2D eigenvalue weighted by molar-refractivity contribution is 5.99. The summed E-state index contributed by atoms with van der Waals surface area (Å²) < 4.78 is 0. The zero-order chi connectivity index (χ0) is 14.2. The molecule has 19 heavy (non-hydrogen) atoms. The van der Waals surface area contributed by atoms with E-state index in [9.17, 15) is 14.9 Å². The van der Waals surface area contributed by atoms with Gasteiger partial charge in [0, 0.05) is 12.1 Å². The van der Waals surface area contributed by atoms with Crippen molar-refractivity contribution >= 4 is 17.4 Å². The molecule has 2 rings (SSSR count). The summed E-state index contributed by atoms with van der Waals surface area (Å²) in [5.41, 5.74) is 4.94. The second-order valence-electron chi connectivity index (χ2n) is 5.26. The van der Waals surface area contributed by atoms with E-state index in [4.69, 9.17) is 5.73 Å². The molecule has 1 aliphatic rings. The number of pyridine rings is 1. The molecule has 0 unspecified atom stereocenters. The lowest BCUT2D eigenvalue weighted by Gasteiger charge is -2.31. The Bertz CT molecular complexity index is 542. The molecular formula is C12H16N4O3. The molecule has 1 amide bonds. The van der Waals surface area contributed by atoms with E-state index >= 15 is 0 Å². The lowest BCUT2D eigenvalue weighted by molar-refractivity contribution is -0.385. The molecule has 1 aromatic heterocycles. The number of rotatable bonds is 2. The quantitative estimate of drug-likeness (QED) is 0.645. The molecule has 0 saturated carbocycles. The summed E-state index contributed by atoms with van der Waals surface area (Å²) in [6, 6.07) is 1.27. The minimum atomic E-state index is -0.608. The van der Waals surface area contributed by atoms with Crippen molar-refractivity contribution in [1.82, 2.24) is 9.88 Å². The van der Waals surface area contributed by atoms with Gasteiger partial charge in [-0.1, -0.05) is 0 Å². The first kappa shape index (κ1) is 13.3. The number of nitrogens with two attached hydrogens (primary N) is 1. The Labute approximate surface area is 110 Å². The van der Waals surface area contributed by atoms with Crippen molar-refractivity contribution in [3.05, 3.63) is 27.9 Å². The Morgan fingerprint density at radius 1 is 1.58 bits per heavy atom. The van der Waals surface area contributed by atoms with Crippen molar-refractivity contribution in [2.45, 2.75) is 32.2 Å². The minimum Gasteiger partial charge on any atom is -0.384 e. The lowest BCUT2D eigenvalue weighted by Crippen LogP contribution is -2.42. The molecule has 1 aromatic rings. The van der Waals surface area contributed by atoms with Crippen LogP contribution in [0.4, 0.5) is 11.5 Å². The van der Waals surface area contributed by atoms with Crippen LogP contribution in [0, 0.1) is 10.1 Å². The Kier molecular flexibility index (Phi) is 3.13. The fourth-order valence-electron chi connectivity index (χ4n) is 2.41. The smallest absolute Gasteiger partial charge is 0.300 e. The van der Waals surface area contributed by atoms with Crippen LogP contribution >= 0.6 is 0 Å². The van der Waals surface area contributed by atoms with E-state index in [1.165, 1.54) is 6.07 Å². The van der Waals surface area contributed by atoms with Gasteiger partial charge in [0.15, 0.2) is 0 Å². The number of nitrogen functional groups attached to an aromatic ring is 1. The predicted octanol–water partition coefficient (Wildman–Crippen LogP) is 1.59. The highest BCUT2D eigenvalue weighted by Gasteiger charge is 2.38. The van der Waals surface area contributed by atoms with Crippen molar-refractivity contribution in [1.29, 1.82) is 0 Å². The van der Waals surface area contributed by atoms with Crippen molar-refractivity contribution in [3.8, 4) is 0 Å². The first-order valence-electron chi connectivity index (χ1n) is 6.05. The summed E-state index contributed by atoms with van der Waals surface area (Å²) in [5.74, 6) is -0.255. The maximum absolute atomic E-state index is 12.5. The number of amides is 1. The molecule has 7 nitrogen and oxygen atoms in total. The van der Waals surface area contributed by atoms with Gasteiger partial charge in [-0.15, -0.1) is 0 Å². The number of carbonyl (C=O) groups excluding carboxylic acids is 1. The SMILES string of the molecule is CC1(C)CCCN1C(=O)c1cc(N)ncc1[N+](=O)[O-]. The van der Waals surface area contributed by atoms with Crippen molar-refractivity contribution in [2.75, 3.05) is 12.3 Å². The number of likely N-dealkylation sites (tertiary alicyclic amines) is 1. The molecule has 0 aliphatic carbocycles. The van der Waals surface area contributed by atoms with E-state index < -0.39 is 4.92 Å².